The van der Waals surface area contributed by atoms with Gasteiger partial charge in [0.05, 0.1) is 23.3 Å². The second-order valence-electron chi connectivity index (χ2n) is 7.53. The highest BCUT2D eigenvalue weighted by molar-refractivity contribution is 14.1. The molecule has 9 nitrogen and oxygen atoms in total. The van der Waals surface area contributed by atoms with Gasteiger partial charge in [0.25, 0.3) is 5.56 Å². The van der Waals surface area contributed by atoms with Gasteiger partial charge >= 0.3 is 0 Å². The Morgan fingerprint density at radius 2 is 1.97 bits per heavy atom. The zero-order valence-corrected chi connectivity index (χ0v) is 20.4. The van der Waals surface area contributed by atoms with Gasteiger partial charge in [-0.1, -0.05) is 18.2 Å². The van der Waals surface area contributed by atoms with E-state index < -0.39 is 0 Å². The molecular weight excluding hydrogens is 519 g/mol. The van der Waals surface area contributed by atoms with Crippen molar-refractivity contribution < 1.29 is 0 Å². The Balaban J connectivity index is 2.08. The number of halogens is 1. The summed E-state index contributed by atoms with van der Waals surface area (Å²) in [6, 6.07) is 7.73. The number of nitrogens with one attached hydrogen (secondary N) is 2. The number of nitrogens with two attached hydrogens (primary N) is 1. The molecule has 0 saturated heterocycles. The maximum absolute atomic E-state index is 13.7. The summed E-state index contributed by atoms with van der Waals surface area (Å²) in [5.41, 5.74) is 11.0. The van der Waals surface area contributed by atoms with Crippen LogP contribution in [0.3, 0.4) is 0 Å². The number of hydrogen-bond acceptors (Lipinski definition) is 7. The lowest BCUT2D eigenvalue weighted by Crippen LogP contribution is -2.30. The number of fused-ring (bicyclic) bond motifs is 1. The summed E-state index contributed by atoms with van der Waals surface area (Å²) in [7, 11) is 1.70. The van der Waals surface area contributed by atoms with Gasteiger partial charge in [0.2, 0.25) is 0 Å². The summed E-state index contributed by atoms with van der Waals surface area (Å²) in [6.45, 7) is 5.86. The maximum atomic E-state index is 13.7. The summed E-state index contributed by atoms with van der Waals surface area (Å²) in [6.07, 6.45) is 1.41. The van der Waals surface area contributed by atoms with Gasteiger partial charge < -0.3 is 16.5 Å². The number of nitrogens with zero attached hydrogens (tertiary/aromatic N) is 5. The van der Waals surface area contributed by atoms with Crippen LogP contribution in [0, 0.1) is 23.0 Å². The SMILES string of the molecule is CNc1c(C(C)=N)c(C)c(Cn2nc(I)c3c(N)ncnc32)n(-c2ccccc2C)c1=O. The Kier molecular flexibility index (Phi) is 5.71. The average Bonchev–Trinajstić information content (AvgIpc) is 3.07. The number of anilines is 2. The van der Waals surface area contributed by atoms with E-state index in [2.05, 4.69) is 43.0 Å². The number of rotatable bonds is 5. The van der Waals surface area contributed by atoms with E-state index in [1.807, 2.05) is 38.1 Å². The van der Waals surface area contributed by atoms with Crippen molar-refractivity contribution in [3.8, 4) is 5.69 Å². The normalized spacial score (nSPS) is 11.2. The fourth-order valence-corrected chi connectivity index (χ4v) is 4.82. The molecule has 4 rings (SSSR count). The lowest BCUT2D eigenvalue weighted by molar-refractivity contribution is 0.658. The van der Waals surface area contributed by atoms with Crippen molar-refractivity contribution >= 4 is 50.8 Å². The molecule has 0 amide bonds. The lowest BCUT2D eigenvalue weighted by atomic mass is 10.00. The summed E-state index contributed by atoms with van der Waals surface area (Å²) < 4.78 is 4.12. The molecule has 4 aromatic rings. The second-order valence-corrected chi connectivity index (χ2v) is 8.55. The van der Waals surface area contributed by atoms with E-state index in [1.54, 1.807) is 23.2 Å². The molecule has 4 N–H and O–H groups in total. The minimum absolute atomic E-state index is 0.218. The van der Waals surface area contributed by atoms with E-state index in [-0.39, 0.29) is 12.1 Å². The van der Waals surface area contributed by atoms with Crippen molar-refractivity contribution in [1.29, 1.82) is 5.41 Å². The van der Waals surface area contributed by atoms with Crippen LogP contribution in [0.15, 0.2) is 35.4 Å². The van der Waals surface area contributed by atoms with Crippen LogP contribution < -0.4 is 16.6 Å². The van der Waals surface area contributed by atoms with E-state index in [0.717, 1.165) is 22.5 Å². The first-order valence-electron chi connectivity index (χ1n) is 9.96. The summed E-state index contributed by atoms with van der Waals surface area (Å²) in [4.78, 5) is 22.1. The zero-order valence-electron chi connectivity index (χ0n) is 18.2. The molecule has 0 fully saturated rings. The van der Waals surface area contributed by atoms with E-state index in [4.69, 9.17) is 11.1 Å². The molecule has 0 saturated carbocycles. The fourth-order valence-electron chi connectivity index (χ4n) is 4.04. The van der Waals surface area contributed by atoms with Crippen LogP contribution in [0.4, 0.5) is 11.5 Å². The molecule has 1 aromatic carbocycles. The van der Waals surface area contributed by atoms with E-state index in [0.29, 0.717) is 37.5 Å². The van der Waals surface area contributed by atoms with Crippen molar-refractivity contribution in [2.75, 3.05) is 18.1 Å². The number of nitrogen functional groups attached to an aromatic ring is 1. The third-order valence-corrected chi connectivity index (χ3v) is 6.30. The van der Waals surface area contributed by atoms with Crippen LogP contribution >= 0.6 is 22.6 Å². The van der Waals surface area contributed by atoms with E-state index >= 15 is 0 Å². The highest BCUT2D eigenvalue weighted by atomic mass is 127. The quantitative estimate of drug-likeness (QED) is 0.263. The van der Waals surface area contributed by atoms with Crippen molar-refractivity contribution in [2.24, 2.45) is 0 Å². The van der Waals surface area contributed by atoms with Crippen LogP contribution in [-0.4, -0.2) is 37.1 Å². The highest BCUT2D eigenvalue weighted by Crippen LogP contribution is 2.27. The number of aromatic nitrogens is 5. The van der Waals surface area contributed by atoms with Crippen LogP contribution in [-0.2, 0) is 6.54 Å². The zero-order chi connectivity index (χ0) is 23.2. The molecule has 3 aromatic heterocycles. The molecule has 0 atom stereocenters. The lowest BCUT2D eigenvalue weighted by Gasteiger charge is -2.22. The molecule has 0 aliphatic rings. The molecule has 0 radical (unpaired) electrons. The van der Waals surface area contributed by atoms with Gasteiger partial charge in [0.1, 0.15) is 21.5 Å². The second kappa shape index (κ2) is 8.34. The van der Waals surface area contributed by atoms with Crippen LogP contribution in [0.5, 0.6) is 0 Å². The van der Waals surface area contributed by atoms with Crippen molar-refractivity contribution in [3.63, 3.8) is 0 Å². The topological polar surface area (TPSA) is 128 Å². The first kappa shape index (κ1) is 21.9. The number of pyridine rings is 1. The Bertz CT molecular complexity index is 1440. The highest BCUT2D eigenvalue weighted by Gasteiger charge is 2.23. The molecule has 0 aliphatic carbocycles. The predicted molar refractivity (Wildman–Crippen MR) is 135 cm³/mol. The number of para-hydroxylation sites is 1. The number of benzene rings is 1. The van der Waals surface area contributed by atoms with Gasteiger partial charge in [-0.05, 0) is 60.6 Å². The molecule has 0 spiro atoms. The van der Waals surface area contributed by atoms with Gasteiger partial charge in [-0.15, -0.1) is 0 Å². The molecule has 32 heavy (non-hydrogen) atoms. The third-order valence-electron chi connectivity index (χ3n) is 5.54. The van der Waals surface area contributed by atoms with Crippen LogP contribution in [0.25, 0.3) is 16.7 Å². The molecule has 0 aliphatic heterocycles. The molecule has 3 heterocycles. The van der Waals surface area contributed by atoms with Crippen molar-refractivity contribution in [3.05, 3.63) is 67.0 Å². The summed E-state index contributed by atoms with van der Waals surface area (Å²) >= 11 is 2.11. The smallest absolute Gasteiger partial charge is 0.279 e. The first-order valence-corrected chi connectivity index (χ1v) is 11.0. The molecule has 10 heteroatoms. The standard InChI is InChI=1S/C22H23IN8O/c1-11-7-5-6-8-14(11)31-15(12(2)16(13(3)24)18(26-4)22(31)32)9-30-21-17(19(23)29-30)20(25)27-10-28-21/h5-8,10,24,26H,9H2,1-4H3,(H2,25,27,28). The van der Waals surface area contributed by atoms with Gasteiger partial charge in [-0.2, -0.15) is 5.10 Å². The average molecular weight is 542 g/mol. The minimum atomic E-state index is -0.218. The van der Waals surface area contributed by atoms with Crippen molar-refractivity contribution in [1.82, 2.24) is 24.3 Å². The van der Waals surface area contributed by atoms with Crippen LogP contribution in [0.2, 0.25) is 0 Å². The largest absolute Gasteiger partial charge is 0.383 e. The third kappa shape index (κ3) is 3.44. The van der Waals surface area contributed by atoms with Crippen molar-refractivity contribution in [2.45, 2.75) is 27.3 Å². The maximum Gasteiger partial charge on any atom is 0.279 e. The van der Waals surface area contributed by atoms with Gasteiger partial charge in [-0.25, -0.2) is 14.6 Å². The predicted octanol–water partition coefficient (Wildman–Crippen LogP) is 3.26. The molecule has 0 bridgehead atoms. The summed E-state index contributed by atoms with van der Waals surface area (Å²) in [5.74, 6) is 0.361. The monoisotopic (exact) mass is 542 g/mol. The molecule has 164 valence electrons. The number of hydrogen-bond donors (Lipinski definition) is 3. The molecular formula is C22H23IN8O. The first-order chi connectivity index (χ1) is 15.3. The van der Waals surface area contributed by atoms with Gasteiger partial charge in [-0.3, -0.25) is 9.36 Å². The Hall–Kier alpha value is -3.28. The Morgan fingerprint density at radius 1 is 1.25 bits per heavy atom. The van der Waals surface area contributed by atoms with Gasteiger partial charge in [0.15, 0.2) is 5.65 Å². The molecule has 0 unspecified atom stereocenters. The minimum Gasteiger partial charge on any atom is -0.383 e. The Morgan fingerprint density at radius 3 is 2.62 bits per heavy atom. The van der Waals surface area contributed by atoms with E-state index in [1.165, 1.54) is 6.33 Å². The fraction of sp³-hybridized carbons (Fsp3) is 0.227. The Labute approximate surface area is 198 Å². The summed E-state index contributed by atoms with van der Waals surface area (Å²) in [5, 5.41) is 16.7. The van der Waals surface area contributed by atoms with Gasteiger partial charge in [0, 0.05) is 18.3 Å². The number of aryl methyl sites for hydroxylation is 1. The van der Waals surface area contributed by atoms with E-state index in [9.17, 15) is 4.79 Å². The van der Waals surface area contributed by atoms with Crippen LogP contribution in [0.1, 0.15) is 29.3 Å².